The second-order valence-electron chi connectivity index (χ2n) is 7.01. The molecule has 0 aliphatic rings. The Balaban J connectivity index is 4.60. The van der Waals surface area contributed by atoms with E-state index in [0.717, 1.165) is 11.8 Å². The van der Waals surface area contributed by atoms with E-state index in [2.05, 4.69) is 27.7 Å². The summed E-state index contributed by atoms with van der Waals surface area (Å²) in [6.45, 7) is 9.22. The summed E-state index contributed by atoms with van der Waals surface area (Å²) in [5, 5.41) is 0. The van der Waals surface area contributed by atoms with Crippen molar-refractivity contribution in [2.75, 3.05) is 0 Å². The minimum atomic E-state index is 0.444. The molecule has 0 radical (unpaired) electrons. The summed E-state index contributed by atoms with van der Waals surface area (Å²) in [7, 11) is 0. The Morgan fingerprint density at radius 1 is 0.571 bits per heavy atom. The van der Waals surface area contributed by atoms with Crippen molar-refractivity contribution < 1.29 is 0 Å². The van der Waals surface area contributed by atoms with Crippen molar-refractivity contribution >= 4 is 0 Å². The van der Waals surface area contributed by atoms with Crippen molar-refractivity contribution in [1.29, 1.82) is 0 Å². The van der Waals surface area contributed by atoms with E-state index in [1.54, 1.807) is 0 Å². The van der Waals surface area contributed by atoms with Gasteiger partial charge in [0.15, 0.2) is 0 Å². The maximum absolute atomic E-state index is 6.62. The van der Waals surface area contributed by atoms with Crippen LogP contribution in [0.25, 0.3) is 0 Å². The molecule has 2 N–H and O–H groups in total. The first-order valence-electron chi connectivity index (χ1n) is 9.96. The largest absolute Gasteiger partial charge is 0.327 e. The lowest BCUT2D eigenvalue weighted by atomic mass is 9.76. The van der Waals surface area contributed by atoms with Crippen molar-refractivity contribution in [2.45, 2.75) is 117 Å². The third-order valence-electron chi connectivity index (χ3n) is 5.04. The van der Waals surface area contributed by atoms with Gasteiger partial charge in [-0.05, 0) is 24.7 Å². The van der Waals surface area contributed by atoms with Gasteiger partial charge in [-0.1, -0.05) is 98.3 Å². The zero-order valence-corrected chi connectivity index (χ0v) is 15.5. The number of nitrogens with two attached hydrogens (primary N) is 1. The van der Waals surface area contributed by atoms with Gasteiger partial charge in [-0.15, -0.1) is 0 Å². The summed E-state index contributed by atoms with van der Waals surface area (Å²) in [6.07, 6.45) is 17.5. The molecule has 0 aromatic carbocycles. The van der Waals surface area contributed by atoms with Gasteiger partial charge in [-0.2, -0.15) is 0 Å². The summed E-state index contributed by atoms with van der Waals surface area (Å²) in [5.41, 5.74) is 6.62. The first kappa shape index (κ1) is 21.0. The fourth-order valence-electron chi connectivity index (χ4n) is 3.59. The predicted octanol–water partition coefficient (Wildman–Crippen LogP) is 6.70. The van der Waals surface area contributed by atoms with E-state index in [9.17, 15) is 0 Å². The van der Waals surface area contributed by atoms with Crippen LogP contribution in [0.1, 0.15) is 111 Å². The van der Waals surface area contributed by atoms with Crippen LogP contribution in [0.3, 0.4) is 0 Å². The van der Waals surface area contributed by atoms with Gasteiger partial charge in [0.25, 0.3) is 0 Å². The van der Waals surface area contributed by atoms with Crippen molar-refractivity contribution in [2.24, 2.45) is 17.6 Å². The van der Waals surface area contributed by atoms with Crippen LogP contribution in [0.5, 0.6) is 0 Å². The fourth-order valence-corrected chi connectivity index (χ4v) is 3.59. The molecule has 0 amide bonds. The highest BCUT2D eigenvalue weighted by Gasteiger charge is 2.25. The third-order valence-corrected chi connectivity index (χ3v) is 5.04. The van der Waals surface area contributed by atoms with E-state index in [-0.39, 0.29) is 0 Å². The maximum atomic E-state index is 6.62. The Labute approximate surface area is 135 Å². The van der Waals surface area contributed by atoms with E-state index >= 15 is 0 Å². The summed E-state index contributed by atoms with van der Waals surface area (Å²) in [5.74, 6) is 1.66. The SMILES string of the molecule is CCCCCC(CCCC)C(CCCC)C(N)CCCC. The van der Waals surface area contributed by atoms with Gasteiger partial charge in [-0.25, -0.2) is 0 Å². The van der Waals surface area contributed by atoms with Crippen LogP contribution < -0.4 is 5.73 Å². The molecule has 0 bridgehead atoms. The zero-order chi connectivity index (χ0) is 15.9. The lowest BCUT2D eigenvalue weighted by molar-refractivity contribution is 0.214. The molecule has 0 rings (SSSR count). The van der Waals surface area contributed by atoms with Crippen molar-refractivity contribution in [1.82, 2.24) is 0 Å². The number of rotatable bonds is 15. The van der Waals surface area contributed by atoms with E-state index in [1.165, 1.54) is 83.5 Å². The zero-order valence-electron chi connectivity index (χ0n) is 15.5. The quantitative estimate of drug-likeness (QED) is 0.334. The normalized spacial score (nSPS) is 15.9. The number of hydrogen-bond acceptors (Lipinski definition) is 1. The molecular formula is C20H43N. The molecule has 0 aromatic rings. The van der Waals surface area contributed by atoms with E-state index in [1.807, 2.05) is 0 Å². The average molecular weight is 298 g/mol. The molecule has 1 heteroatoms. The summed E-state index contributed by atoms with van der Waals surface area (Å²) in [4.78, 5) is 0. The Hall–Kier alpha value is -0.0400. The molecule has 3 unspecified atom stereocenters. The Morgan fingerprint density at radius 3 is 1.62 bits per heavy atom. The minimum Gasteiger partial charge on any atom is -0.327 e. The van der Waals surface area contributed by atoms with Gasteiger partial charge in [0.05, 0.1) is 0 Å². The monoisotopic (exact) mass is 297 g/mol. The Morgan fingerprint density at radius 2 is 1.05 bits per heavy atom. The number of unbranched alkanes of at least 4 members (excludes halogenated alkanes) is 5. The highest BCUT2D eigenvalue weighted by molar-refractivity contribution is 4.80. The molecule has 0 heterocycles. The third kappa shape index (κ3) is 10.3. The smallest absolute Gasteiger partial charge is 0.00698 e. The van der Waals surface area contributed by atoms with Gasteiger partial charge in [0.2, 0.25) is 0 Å². The van der Waals surface area contributed by atoms with E-state index in [4.69, 9.17) is 5.73 Å². The van der Waals surface area contributed by atoms with Crippen molar-refractivity contribution in [3.8, 4) is 0 Å². The molecule has 0 aromatic heterocycles. The molecule has 128 valence electrons. The summed E-state index contributed by atoms with van der Waals surface area (Å²) >= 11 is 0. The molecule has 1 nitrogen and oxygen atoms in total. The highest BCUT2D eigenvalue weighted by atomic mass is 14.7. The Bertz CT molecular complexity index is 202. The standard InChI is InChI=1S/C20H43N/c1-5-9-13-15-18(14-10-6-2)19(16-11-7-3)20(21)17-12-8-4/h18-20H,5-17,21H2,1-4H3. The van der Waals surface area contributed by atoms with Crippen LogP contribution in [-0.2, 0) is 0 Å². The first-order chi connectivity index (χ1) is 10.2. The van der Waals surface area contributed by atoms with Crippen LogP contribution in [0.4, 0.5) is 0 Å². The molecule has 0 spiro atoms. The lowest BCUT2D eigenvalue weighted by Crippen LogP contribution is -2.35. The minimum absolute atomic E-state index is 0.444. The summed E-state index contributed by atoms with van der Waals surface area (Å²) < 4.78 is 0. The molecule has 21 heavy (non-hydrogen) atoms. The molecule has 0 saturated carbocycles. The second-order valence-corrected chi connectivity index (χ2v) is 7.01. The highest BCUT2D eigenvalue weighted by Crippen LogP contribution is 2.32. The number of hydrogen-bond donors (Lipinski definition) is 1. The van der Waals surface area contributed by atoms with Crippen LogP contribution in [0.2, 0.25) is 0 Å². The average Bonchev–Trinajstić information content (AvgIpc) is 2.50. The topological polar surface area (TPSA) is 26.0 Å². The maximum Gasteiger partial charge on any atom is 0.00698 e. The first-order valence-corrected chi connectivity index (χ1v) is 9.96. The van der Waals surface area contributed by atoms with Crippen LogP contribution in [-0.4, -0.2) is 6.04 Å². The van der Waals surface area contributed by atoms with Crippen LogP contribution >= 0.6 is 0 Å². The van der Waals surface area contributed by atoms with Gasteiger partial charge < -0.3 is 5.73 Å². The van der Waals surface area contributed by atoms with Crippen LogP contribution in [0, 0.1) is 11.8 Å². The van der Waals surface area contributed by atoms with Crippen molar-refractivity contribution in [3.63, 3.8) is 0 Å². The summed E-state index contributed by atoms with van der Waals surface area (Å²) in [6, 6.07) is 0.444. The van der Waals surface area contributed by atoms with E-state index in [0.29, 0.717) is 6.04 Å². The molecule has 0 aliphatic carbocycles. The molecule has 0 saturated heterocycles. The van der Waals surface area contributed by atoms with Gasteiger partial charge in [-0.3, -0.25) is 0 Å². The second kappa shape index (κ2) is 14.9. The fraction of sp³-hybridized carbons (Fsp3) is 1.00. The van der Waals surface area contributed by atoms with Gasteiger partial charge >= 0.3 is 0 Å². The molecular weight excluding hydrogens is 254 g/mol. The van der Waals surface area contributed by atoms with Gasteiger partial charge in [0.1, 0.15) is 0 Å². The van der Waals surface area contributed by atoms with Crippen LogP contribution in [0.15, 0.2) is 0 Å². The predicted molar refractivity (Wildman–Crippen MR) is 97.7 cm³/mol. The lowest BCUT2D eigenvalue weighted by Gasteiger charge is -2.32. The van der Waals surface area contributed by atoms with E-state index < -0.39 is 0 Å². The Kier molecular flexibility index (Phi) is 14.9. The van der Waals surface area contributed by atoms with Gasteiger partial charge in [0, 0.05) is 6.04 Å². The molecule has 3 atom stereocenters. The van der Waals surface area contributed by atoms with Crippen molar-refractivity contribution in [3.05, 3.63) is 0 Å². The molecule has 0 aliphatic heterocycles. The molecule has 0 fully saturated rings.